The topological polar surface area (TPSA) is 3.24 Å². The molecule has 1 nitrogen and oxygen atoms in total. The van der Waals surface area contributed by atoms with Gasteiger partial charge in [0.25, 0.3) is 0 Å². The predicted octanol–water partition coefficient (Wildman–Crippen LogP) is 3.59. The van der Waals surface area contributed by atoms with Crippen molar-refractivity contribution in [2.75, 3.05) is 13.1 Å². The van der Waals surface area contributed by atoms with Gasteiger partial charge in [-0.05, 0) is 43.9 Å². The molecule has 0 saturated heterocycles. The highest BCUT2D eigenvalue weighted by Crippen LogP contribution is 2.30. The molecule has 1 aromatic rings. The third-order valence-corrected chi connectivity index (χ3v) is 3.20. The highest BCUT2D eigenvalue weighted by atomic mass is 19.1. The zero-order valence-electron chi connectivity index (χ0n) is 10.3. The smallest absolute Gasteiger partial charge is 0.130 e. The van der Waals surface area contributed by atoms with E-state index in [9.17, 15) is 8.78 Å². The molecule has 0 N–H and O–H groups in total. The van der Waals surface area contributed by atoms with Crippen molar-refractivity contribution in [1.29, 1.82) is 0 Å². The average molecular weight is 239 g/mol. The summed E-state index contributed by atoms with van der Waals surface area (Å²) in [6.07, 6.45) is 3.54. The van der Waals surface area contributed by atoms with Gasteiger partial charge < -0.3 is 0 Å². The third-order valence-electron chi connectivity index (χ3n) is 3.20. The number of hydrogen-bond acceptors (Lipinski definition) is 1. The minimum atomic E-state index is -0.429. The van der Waals surface area contributed by atoms with E-state index in [2.05, 4.69) is 11.8 Å². The molecule has 1 aliphatic carbocycles. The quantitative estimate of drug-likeness (QED) is 0.733. The fourth-order valence-corrected chi connectivity index (χ4v) is 2.12. The molecule has 1 aliphatic rings. The first-order valence-electron chi connectivity index (χ1n) is 6.36. The summed E-state index contributed by atoms with van der Waals surface area (Å²) < 4.78 is 27.1. The van der Waals surface area contributed by atoms with Gasteiger partial charge in [-0.25, -0.2) is 8.78 Å². The molecule has 17 heavy (non-hydrogen) atoms. The molecule has 94 valence electrons. The van der Waals surface area contributed by atoms with Crippen molar-refractivity contribution in [3.63, 3.8) is 0 Å². The maximum atomic E-state index is 13.5. The maximum Gasteiger partial charge on any atom is 0.130 e. The summed E-state index contributed by atoms with van der Waals surface area (Å²) in [6.45, 7) is 4.37. The Balaban J connectivity index is 2.04. The van der Waals surface area contributed by atoms with Crippen molar-refractivity contribution in [2.24, 2.45) is 5.92 Å². The van der Waals surface area contributed by atoms with Crippen molar-refractivity contribution in [3.8, 4) is 0 Å². The molecule has 0 aliphatic heterocycles. The zero-order valence-corrected chi connectivity index (χ0v) is 10.3. The number of nitrogens with zero attached hydrogens (tertiary/aromatic N) is 1. The van der Waals surface area contributed by atoms with Gasteiger partial charge in [-0.2, -0.15) is 0 Å². The van der Waals surface area contributed by atoms with E-state index in [-0.39, 0.29) is 5.56 Å². The normalized spacial score (nSPS) is 15.5. The van der Waals surface area contributed by atoms with Crippen LogP contribution < -0.4 is 0 Å². The summed E-state index contributed by atoms with van der Waals surface area (Å²) in [5, 5.41) is 0. The third kappa shape index (κ3) is 3.50. The molecule has 2 rings (SSSR count). The second kappa shape index (κ2) is 5.58. The summed E-state index contributed by atoms with van der Waals surface area (Å²) in [6, 6.07) is 4.08. The second-order valence-corrected chi connectivity index (χ2v) is 4.88. The SMILES string of the molecule is CCCN(Cc1c(F)cccc1F)CC1CC1. The van der Waals surface area contributed by atoms with E-state index >= 15 is 0 Å². The Hall–Kier alpha value is -0.960. The van der Waals surface area contributed by atoms with Gasteiger partial charge in [0.1, 0.15) is 11.6 Å². The largest absolute Gasteiger partial charge is 0.299 e. The van der Waals surface area contributed by atoms with E-state index in [0.29, 0.717) is 6.54 Å². The predicted molar refractivity (Wildman–Crippen MR) is 64.7 cm³/mol. The molecule has 0 unspecified atom stereocenters. The fraction of sp³-hybridized carbons (Fsp3) is 0.571. The van der Waals surface area contributed by atoms with Crippen LogP contribution in [0.2, 0.25) is 0 Å². The molecule has 0 atom stereocenters. The Morgan fingerprint density at radius 1 is 1.24 bits per heavy atom. The molecule has 0 aromatic heterocycles. The molecule has 3 heteroatoms. The Morgan fingerprint density at radius 3 is 2.41 bits per heavy atom. The minimum absolute atomic E-state index is 0.210. The maximum absolute atomic E-state index is 13.5. The molecule has 1 fully saturated rings. The van der Waals surface area contributed by atoms with Crippen LogP contribution in [0, 0.1) is 17.6 Å². The van der Waals surface area contributed by atoms with Gasteiger partial charge in [-0.3, -0.25) is 4.90 Å². The van der Waals surface area contributed by atoms with E-state index in [1.807, 2.05) is 0 Å². The fourth-order valence-electron chi connectivity index (χ4n) is 2.12. The van der Waals surface area contributed by atoms with Gasteiger partial charge in [0, 0.05) is 18.7 Å². The Kier molecular flexibility index (Phi) is 4.11. The lowest BCUT2D eigenvalue weighted by atomic mass is 10.1. The van der Waals surface area contributed by atoms with Crippen LogP contribution >= 0.6 is 0 Å². The Bertz CT molecular complexity index is 354. The van der Waals surface area contributed by atoms with E-state index < -0.39 is 11.6 Å². The zero-order chi connectivity index (χ0) is 12.3. The van der Waals surface area contributed by atoms with Crippen LogP contribution in [-0.4, -0.2) is 18.0 Å². The molecule has 0 heterocycles. The van der Waals surface area contributed by atoms with Crippen molar-refractivity contribution >= 4 is 0 Å². The Morgan fingerprint density at radius 2 is 1.88 bits per heavy atom. The van der Waals surface area contributed by atoms with Crippen molar-refractivity contribution in [2.45, 2.75) is 32.7 Å². The van der Waals surface area contributed by atoms with Crippen LogP contribution in [0.3, 0.4) is 0 Å². The average Bonchev–Trinajstić information content (AvgIpc) is 3.08. The van der Waals surface area contributed by atoms with Crippen molar-refractivity contribution in [1.82, 2.24) is 4.90 Å². The molecule has 1 aromatic carbocycles. The summed E-state index contributed by atoms with van der Waals surface area (Å²) in [5.74, 6) is -0.111. The van der Waals surface area contributed by atoms with E-state index in [4.69, 9.17) is 0 Å². The molecule has 0 bridgehead atoms. The number of benzene rings is 1. The van der Waals surface area contributed by atoms with Gasteiger partial charge in [0.2, 0.25) is 0 Å². The number of hydrogen-bond donors (Lipinski definition) is 0. The van der Waals surface area contributed by atoms with Crippen LogP contribution in [0.15, 0.2) is 18.2 Å². The van der Waals surface area contributed by atoms with Gasteiger partial charge in [-0.1, -0.05) is 13.0 Å². The lowest BCUT2D eigenvalue weighted by Crippen LogP contribution is -2.27. The first-order valence-corrected chi connectivity index (χ1v) is 6.36. The molecule has 1 saturated carbocycles. The van der Waals surface area contributed by atoms with Gasteiger partial charge in [-0.15, -0.1) is 0 Å². The highest BCUT2D eigenvalue weighted by molar-refractivity contribution is 5.19. The van der Waals surface area contributed by atoms with Crippen LogP contribution in [0.25, 0.3) is 0 Å². The van der Waals surface area contributed by atoms with E-state index in [0.717, 1.165) is 25.4 Å². The van der Waals surface area contributed by atoms with E-state index in [1.165, 1.54) is 31.0 Å². The van der Waals surface area contributed by atoms with Crippen LogP contribution in [0.4, 0.5) is 8.78 Å². The summed E-state index contributed by atoms with van der Waals surface area (Å²) >= 11 is 0. The van der Waals surface area contributed by atoms with Crippen LogP contribution in [-0.2, 0) is 6.54 Å². The molecular weight excluding hydrogens is 220 g/mol. The second-order valence-electron chi connectivity index (χ2n) is 4.88. The number of rotatable bonds is 6. The van der Waals surface area contributed by atoms with Crippen LogP contribution in [0.1, 0.15) is 31.7 Å². The molecule has 0 radical (unpaired) electrons. The first kappa shape index (κ1) is 12.5. The first-order chi connectivity index (χ1) is 8.20. The van der Waals surface area contributed by atoms with Crippen molar-refractivity contribution in [3.05, 3.63) is 35.4 Å². The summed E-state index contributed by atoms with van der Waals surface area (Å²) in [7, 11) is 0. The molecular formula is C14H19F2N. The van der Waals surface area contributed by atoms with Gasteiger partial charge in [0.15, 0.2) is 0 Å². The van der Waals surface area contributed by atoms with Crippen molar-refractivity contribution < 1.29 is 8.78 Å². The standard InChI is InChI=1S/C14H19F2N/c1-2-8-17(9-11-6-7-11)10-12-13(15)4-3-5-14(12)16/h3-5,11H,2,6-10H2,1H3. The van der Waals surface area contributed by atoms with Crippen LogP contribution in [0.5, 0.6) is 0 Å². The Labute approximate surface area is 101 Å². The highest BCUT2D eigenvalue weighted by Gasteiger charge is 2.24. The molecule has 0 spiro atoms. The van der Waals surface area contributed by atoms with Gasteiger partial charge >= 0.3 is 0 Å². The van der Waals surface area contributed by atoms with Gasteiger partial charge in [0.05, 0.1) is 0 Å². The summed E-state index contributed by atoms with van der Waals surface area (Å²) in [4.78, 5) is 2.17. The lowest BCUT2D eigenvalue weighted by molar-refractivity contribution is 0.247. The minimum Gasteiger partial charge on any atom is -0.299 e. The molecule has 0 amide bonds. The lowest BCUT2D eigenvalue weighted by Gasteiger charge is -2.22. The number of halogens is 2. The van der Waals surface area contributed by atoms with E-state index in [1.54, 1.807) is 0 Å². The summed E-state index contributed by atoms with van der Waals surface area (Å²) in [5.41, 5.74) is 0.210. The monoisotopic (exact) mass is 239 g/mol.